The van der Waals surface area contributed by atoms with Crippen molar-refractivity contribution >= 4 is 5.69 Å². The molecule has 1 aromatic heterocycles. The lowest BCUT2D eigenvalue weighted by Gasteiger charge is -2.22. The molecule has 0 spiro atoms. The molecule has 1 N–H and O–H groups in total. The molecule has 1 saturated carbocycles. The van der Waals surface area contributed by atoms with Gasteiger partial charge in [0.25, 0.3) is 0 Å². The number of pyridine rings is 1. The zero-order valence-corrected chi connectivity index (χ0v) is 11.9. The highest BCUT2D eigenvalue weighted by atomic mass is 15.1. The van der Waals surface area contributed by atoms with E-state index in [1.807, 2.05) is 18.3 Å². The van der Waals surface area contributed by atoms with Crippen LogP contribution in [0.2, 0.25) is 0 Å². The van der Waals surface area contributed by atoms with Crippen LogP contribution in [0.25, 0.3) is 0 Å². The number of aromatic nitrogens is 1. The summed E-state index contributed by atoms with van der Waals surface area (Å²) >= 11 is 0. The molecule has 3 nitrogen and oxygen atoms in total. The Morgan fingerprint density at radius 3 is 2.70 bits per heavy atom. The van der Waals surface area contributed by atoms with E-state index in [9.17, 15) is 0 Å². The lowest BCUT2D eigenvalue weighted by Crippen LogP contribution is -2.22. The molecule has 20 heavy (non-hydrogen) atoms. The van der Waals surface area contributed by atoms with Gasteiger partial charge in [0.1, 0.15) is 0 Å². The summed E-state index contributed by atoms with van der Waals surface area (Å²) in [6.45, 7) is 1.79. The van der Waals surface area contributed by atoms with E-state index in [-0.39, 0.29) is 0 Å². The van der Waals surface area contributed by atoms with Crippen LogP contribution in [0.4, 0.5) is 5.69 Å². The molecule has 0 amide bonds. The van der Waals surface area contributed by atoms with Gasteiger partial charge >= 0.3 is 0 Å². The number of anilines is 1. The Bertz CT molecular complexity index is 549. The van der Waals surface area contributed by atoms with Crippen molar-refractivity contribution in [2.45, 2.75) is 32.0 Å². The molecular weight excluding hydrogens is 246 g/mol. The van der Waals surface area contributed by atoms with Gasteiger partial charge in [-0.1, -0.05) is 24.3 Å². The van der Waals surface area contributed by atoms with Crippen molar-refractivity contribution in [3.8, 4) is 0 Å². The minimum atomic E-state index is 0.740. The van der Waals surface area contributed by atoms with Gasteiger partial charge in [0, 0.05) is 31.5 Å². The average molecular weight is 267 g/mol. The van der Waals surface area contributed by atoms with Crippen molar-refractivity contribution < 1.29 is 0 Å². The predicted molar refractivity (Wildman–Crippen MR) is 82.6 cm³/mol. The molecule has 2 aromatic rings. The van der Waals surface area contributed by atoms with Crippen LogP contribution < -0.4 is 10.2 Å². The van der Waals surface area contributed by atoms with Gasteiger partial charge in [0.15, 0.2) is 0 Å². The van der Waals surface area contributed by atoms with Gasteiger partial charge in [-0.05, 0) is 36.6 Å². The van der Waals surface area contributed by atoms with Gasteiger partial charge in [0.05, 0.1) is 12.2 Å². The number of para-hydroxylation sites is 1. The third kappa shape index (κ3) is 3.36. The number of benzene rings is 1. The summed E-state index contributed by atoms with van der Waals surface area (Å²) in [5.74, 6) is 0. The summed E-state index contributed by atoms with van der Waals surface area (Å²) in [6.07, 6.45) is 4.50. The quantitative estimate of drug-likeness (QED) is 0.872. The Morgan fingerprint density at radius 1 is 1.15 bits per heavy atom. The maximum atomic E-state index is 4.40. The standard InChI is InChI=1S/C17H21N3/c1-20(13-16-7-4-5-11-18-16)17-8-3-2-6-14(17)12-19-15-9-10-15/h2-8,11,15,19H,9-10,12-13H2,1H3. The molecule has 0 radical (unpaired) electrons. The summed E-state index contributed by atoms with van der Waals surface area (Å²) in [5.41, 5.74) is 3.74. The van der Waals surface area contributed by atoms with Crippen molar-refractivity contribution in [1.82, 2.24) is 10.3 Å². The minimum absolute atomic E-state index is 0.740. The predicted octanol–water partition coefficient (Wildman–Crippen LogP) is 2.97. The van der Waals surface area contributed by atoms with Crippen LogP contribution in [0.1, 0.15) is 24.1 Å². The van der Waals surface area contributed by atoms with Crippen molar-refractivity contribution in [3.05, 3.63) is 59.9 Å². The molecule has 0 bridgehead atoms. The first-order valence-corrected chi connectivity index (χ1v) is 7.25. The highest BCUT2D eigenvalue weighted by molar-refractivity contribution is 5.53. The second-order valence-corrected chi connectivity index (χ2v) is 5.46. The van der Waals surface area contributed by atoms with Gasteiger partial charge in [-0.25, -0.2) is 0 Å². The van der Waals surface area contributed by atoms with E-state index < -0.39 is 0 Å². The van der Waals surface area contributed by atoms with Crippen LogP contribution in [0.3, 0.4) is 0 Å². The maximum absolute atomic E-state index is 4.40. The summed E-state index contributed by atoms with van der Waals surface area (Å²) in [4.78, 5) is 6.67. The van der Waals surface area contributed by atoms with E-state index in [0.29, 0.717) is 0 Å². The molecule has 104 valence electrons. The van der Waals surface area contributed by atoms with Crippen molar-refractivity contribution in [1.29, 1.82) is 0 Å². The van der Waals surface area contributed by atoms with Gasteiger partial charge in [0.2, 0.25) is 0 Å². The Labute approximate surface area is 120 Å². The number of rotatable bonds is 6. The van der Waals surface area contributed by atoms with Crippen molar-refractivity contribution in [3.63, 3.8) is 0 Å². The van der Waals surface area contributed by atoms with E-state index in [2.05, 4.69) is 52.6 Å². The van der Waals surface area contributed by atoms with Crippen LogP contribution in [-0.2, 0) is 13.1 Å². The first kappa shape index (κ1) is 13.1. The fourth-order valence-electron chi connectivity index (χ4n) is 2.39. The van der Waals surface area contributed by atoms with Gasteiger partial charge in [-0.3, -0.25) is 4.98 Å². The normalized spacial score (nSPS) is 14.2. The zero-order chi connectivity index (χ0) is 13.8. The zero-order valence-electron chi connectivity index (χ0n) is 11.9. The smallest absolute Gasteiger partial charge is 0.0598 e. The maximum Gasteiger partial charge on any atom is 0.0598 e. The van der Waals surface area contributed by atoms with Crippen LogP contribution in [-0.4, -0.2) is 18.1 Å². The lowest BCUT2D eigenvalue weighted by atomic mass is 10.1. The molecule has 0 atom stereocenters. The molecular formula is C17H21N3. The SMILES string of the molecule is CN(Cc1ccccn1)c1ccccc1CNC1CC1. The first-order valence-electron chi connectivity index (χ1n) is 7.25. The first-order chi connectivity index (χ1) is 9.83. The summed E-state index contributed by atoms with van der Waals surface area (Å²) < 4.78 is 0. The summed E-state index contributed by atoms with van der Waals surface area (Å²) in [5, 5.41) is 3.59. The second-order valence-electron chi connectivity index (χ2n) is 5.46. The van der Waals surface area contributed by atoms with E-state index >= 15 is 0 Å². The number of nitrogens with one attached hydrogen (secondary N) is 1. The van der Waals surface area contributed by atoms with Gasteiger partial charge < -0.3 is 10.2 Å². The van der Waals surface area contributed by atoms with Crippen LogP contribution in [0, 0.1) is 0 Å². The second kappa shape index (κ2) is 6.06. The molecule has 3 rings (SSSR count). The molecule has 0 aliphatic heterocycles. The molecule has 1 aliphatic carbocycles. The van der Waals surface area contributed by atoms with Gasteiger partial charge in [-0.2, -0.15) is 0 Å². The van der Waals surface area contributed by atoms with E-state index in [4.69, 9.17) is 0 Å². The number of hydrogen-bond donors (Lipinski definition) is 1. The van der Waals surface area contributed by atoms with Gasteiger partial charge in [-0.15, -0.1) is 0 Å². The van der Waals surface area contributed by atoms with E-state index in [1.54, 1.807) is 0 Å². The number of nitrogens with zero attached hydrogens (tertiary/aromatic N) is 2. The van der Waals surface area contributed by atoms with Crippen molar-refractivity contribution in [2.24, 2.45) is 0 Å². The lowest BCUT2D eigenvalue weighted by molar-refractivity contribution is 0.685. The molecule has 0 saturated heterocycles. The third-order valence-electron chi connectivity index (χ3n) is 3.69. The Hall–Kier alpha value is -1.87. The molecule has 3 heteroatoms. The monoisotopic (exact) mass is 267 g/mol. The largest absolute Gasteiger partial charge is 0.368 e. The number of hydrogen-bond acceptors (Lipinski definition) is 3. The van der Waals surface area contributed by atoms with E-state index in [1.165, 1.54) is 24.1 Å². The van der Waals surface area contributed by atoms with Crippen LogP contribution >= 0.6 is 0 Å². The Balaban J connectivity index is 1.71. The molecule has 1 aliphatic rings. The molecule has 1 aromatic carbocycles. The Morgan fingerprint density at radius 2 is 1.95 bits per heavy atom. The fourth-order valence-corrected chi connectivity index (χ4v) is 2.39. The fraction of sp³-hybridized carbons (Fsp3) is 0.353. The molecule has 0 unspecified atom stereocenters. The van der Waals surface area contributed by atoms with Crippen LogP contribution in [0.5, 0.6) is 0 Å². The summed E-state index contributed by atoms with van der Waals surface area (Å²) in [6, 6.07) is 15.4. The molecule has 1 heterocycles. The van der Waals surface area contributed by atoms with E-state index in [0.717, 1.165) is 24.8 Å². The topological polar surface area (TPSA) is 28.2 Å². The highest BCUT2D eigenvalue weighted by Crippen LogP contribution is 2.23. The summed E-state index contributed by atoms with van der Waals surface area (Å²) in [7, 11) is 2.13. The minimum Gasteiger partial charge on any atom is -0.368 e. The van der Waals surface area contributed by atoms with Crippen molar-refractivity contribution in [2.75, 3.05) is 11.9 Å². The molecule has 1 fully saturated rings. The average Bonchev–Trinajstić information content (AvgIpc) is 3.31. The Kier molecular flexibility index (Phi) is 3.97. The van der Waals surface area contributed by atoms with Crippen LogP contribution in [0.15, 0.2) is 48.7 Å². The highest BCUT2D eigenvalue weighted by Gasteiger charge is 2.20. The third-order valence-corrected chi connectivity index (χ3v) is 3.69.